The Hall–Kier alpha value is -1.52. The van der Waals surface area contributed by atoms with Gasteiger partial charge in [-0.3, -0.25) is 4.79 Å². The maximum atomic E-state index is 13.8. The number of likely N-dealkylation sites (tertiary alicyclic amines) is 1. The van der Waals surface area contributed by atoms with Crippen LogP contribution in [0.2, 0.25) is 0 Å². The second-order valence-electron chi connectivity index (χ2n) is 5.89. The van der Waals surface area contributed by atoms with E-state index >= 15 is 0 Å². The average molecular weight is 283 g/mol. The van der Waals surface area contributed by atoms with Gasteiger partial charge in [0.15, 0.2) is 0 Å². The zero-order valence-electron chi connectivity index (χ0n) is 11.0. The minimum atomic E-state index is -4.40. The van der Waals surface area contributed by atoms with Crippen molar-refractivity contribution in [2.45, 2.75) is 37.4 Å². The highest BCUT2D eigenvalue weighted by molar-refractivity contribution is 5.55. The molecule has 1 heterocycles. The summed E-state index contributed by atoms with van der Waals surface area (Å²) in [5.74, 6) is 0. The van der Waals surface area contributed by atoms with Crippen molar-refractivity contribution in [3.05, 3.63) is 35.9 Å². The largest absolute Gasteiger partial charge is 0.412 e. The van der Waals surface area contributed by atoms with Crippen molar-refractivity contribution in [2.24, 2.45) is 5.41 Å². The van der Waals surface area contributed by atoms with E-state index in [-0.39, 0.29) is 13.0 Å². The van der Waals surface area contributed by atoms with Gasteiger partial charge in [0.1, 0.15) is 5.54 Å². The number of carbonyl (C=O) groups excluding carboxylic acids is 1. The molecular weight excluding hydrogens is 267 g/mol. The lowest BCUT2D eigenvalue weighted by atomic mass is 9.49. The summed E-state index contributed by atoms with van der Waals surface area (Å²) in [6, 6.07) is 8.64. The van der Waals surface area contributed by atoms with Gasteiger partial charge in [-0.1, -0.05) is 36.8 Å². The van der Waals surface area contributed by atoms with E-state index in [0.29, 0.717) is 24.8 Å². The first kappa shape index (κ1) is 13.5. The van der Waals surface area contributed by atoms with E-state index in [1.165, 1.54) is 0 Å². The van der Waals surface area contributed by atoms with E-state index < -0.39 is 17.1 Å². The molecule has 1 aliphatic carbocycles. The molecule has 1 aromatic carbocycles. The molecule has 1 saturated heterocycles. The molecule has 2 fully saturated rings. The maximum absolute atomic E-state index is 13.8. The predicted molar refractivity (Wildman–Crippen MR) is 68.0 cm³/mol. The van der Waals surface area contributed by atoms with Crippen molar-refractivity contribution in [3.8, 4) is 0 Å². The van der Waals surface area contributed by atoms with E-state index in [4.69, 9.17) is 0 Å². The summed E-state index contributed by atoms with van der Waals surface area (Å²) in [6.07, 6.45) is -2.24. The summed E-state index contributed by atoms with van der Waals surface area (Å²) in [5, 5.41) is 0. The predicted octanol–water partition coefficient (Wildman–Crippen LogP) is 3.17. The smallest absolute Gasteiger partial charge is 0.329 e. The number of carbonyl (C=O) groups is 1. The van der Waals surface area contributed by atoms with Crippen LogP contribution in [0.3, 0.4) is 0 Å². The monoisotopic (exact) mass is 283 g/mol. The number of nitrogens with zero attached hydrogens (tertiary/aromatic N) is 1. The molecule has 1 aromatic rings. The SMILES string of the molecule is O=CN1CC2(CCC2)C1(Cc1ccccc1)C(F)(F)F. The first-order valence-electron chi connectivity index (χ1n) is 6.78. The summed E-state index contributed by atoms with van der Waals surface area (Å²) in [4.78, 5) is 12.1. The Bertz CT molecular complexity index is 510. The first-order valence-corrected chi connectivity index (χ1v) is 6.78. The van der Waals surface area contributed by atoms with Gasteiger partial charge in [-0.05, 0) is 18.4 Å². The van der Waals surface area contributed by atoms with E-state index in [0.717, 1.165) is 11.3 Å². The van der Waals surface area contributed by atoms with E-state index in [9.17, 15) is 18.0 Å². The van der Waals surface area contributed by atoms with Crippen molar-refractivity contribution >= 4 is 6.41 Å². The van der Waals surface area contributed by atoms with Gasteiger partial charge < -0.3 is 4.90 Å². The fourth-order valence-electron chi connectivity index (χ4n) is 3.85. The lowest BCUT2D eigenvalue weighted by Crippen LogP contribution is -2.82. The van der Waals surface area contributed by atoms with Crippen molar-refractivity contribution in [2.75, 3.05) is 6.54 Å². The standard InChI is InChI=1S/C15H16F3NO/c16-15(17,18)14(9-12-5-2-1-3-6-12)13(7-4-8-13)10-19(14)11-20/h1-3,5-6,11H,4,7-10H2. The molecule has 2 aliphatic rings. The molecule has 3 rings (SSSR count). The minimum Gasteiger partial charge on any atom is -0.329 e. The summed E-state index contributed by atoms with van der Waals surface area (Å²) in [5.41, 5.74) is -2.15. The number of hydrogen-bond donors (Lipinski definition) is 0. The Morgan fingerprint density at radius 1 is 1.20 bits per heavy atom. The summed E-state index contributed by atoms with van der Waals surface area (Å²) >= 11 is 0. The Morgan fingerprint density at radius 2 is 1.85 bits per heavy atom. The van der Waals surface area contributed by atoms with Crippen molar-refractivity contribution in [1.29, 1.82) is 0 Å². The summed E-state index contributed by atoms with van der Waals surface area (Å²) < 4.78 is 41.4. The molecule has 108 valence electrons. The molecule has 0 bridgehead atoms. The van der Waals surface area contributed by atoms with Gasteiger partial charge in [-0.2, -0.15) is 13.2 Å². The number of hydrogen-bond acceptors (Lipinski definition) is 1. The van der Waals surface area contributed by atoms with Gasteiger partial charge in [0.2, 0.25) is 6.41 Å². The van der Waals surface area contributed by atoms with E-state index in [2.05, 4.69) is 0 Å². The third kappa shape index (κ3) is 1.55. The lowest BCUT2D eigenvalue weighted by Gasteiger charge is -2.69. The van der Waals surface area contributed by atoms with Gasteiger partial charge in [-0.15, -0.1) is 0 Å². The highest BCUT2D eigenvalue weighted by Crippen LogP contribution is 2.65. The Kier molecular flexibility index (Phi) is 2.85. The van der Waals surface area contributed by atoms with Crippen LogP contribution in [0.15, 0.2) is 30.3 Å². The number of amides is 1. The molecule has 5 heteroatoms. The number of rotatable bonds is 3. The topological polar surface area (TPSA) is 20.3 Å². The second-order valence-corrected chi connectivity index (χ2v) is 5.89. The molecule has 20 heavy (non-hydrogen) atoms. The van der Waals surface area contributed by atoms with Crippen LogP contribution in [0.5, 0.6) is 0 Å². The molecular formula is C15H16F3NO. The normalized spacial score (nSPS) is 27.9. The summed E-state index contributed by atoms with van der Waals surface area (Å²) in [7, 11) is 0. The first-order chi connectivity index (χ1) is 9.45. The molecule has 1 spiro atoms. The van der Waals surface area contributed by atoms with Gasteiger partial charge in [0.25, 0.3) is 0 Å². The quantitative estimate of drug-likeness (QED) is 0.780. The van der Waals surface area contributed by atoms with E-state index in [1.807, 2.05) is 0 Å². The number of alkyl halides is 3. The zero-order valence-corrected chi connectivity index (χ0v) is 11.0. The minimum absolute atomic E-state index is 0.143. The fourth-order valence-corrected chi connectivity index (χ4v) is 3.85. The molecule has 1 unspecified atom stereocenters. The van der Waals surface area contributed by atoms with Crippen LogP contribution < -0.4 is 0 Å². The van der Waals surface area contributed by atoms with Crippen molar-refractivity contribution < 1.29 is 18.0 Å². The highest BCUT2D eigenvalue weighted by atomic mass is 19.4. The van der Waals surface area contributed by atoms with Gasteiger partial charge in [-0.25, -0.2) is 0 Å². The zero-order chi connectivity index (χ0) is 14.4. The van der Waals surface area contributed by atoms with E-state index in [1.54, 1.807) is 30.3 Å². The molecule has 2 nitrogen and oxygen atoms in total. The van der Waals surface area contributed by atoms with Crippen LogP contribution in [0.1, 0.15) is 24.8 Å². The van der Waals surface area contributed by atoms with Crippen molar-refractivity contribution in [3.63, 3.8) is 0 Å². The van der Waals surface area contributed by atoms with Crippen molar-refractivity contribution in [1.82, 2.24) is 4.90 Å². The molecule has 1 amide bonds. The Labute approximate surface area is 115 Å². The van der Waals surface area contributed by atoms with Crippen LogP contribution in [-0.4, -0.2) is 29.6 Å². The third-order valence-electron chi connectivity index (χ3n) is 5.05. The maximum Gasteiger partial charge on any atom is 0.412 e. The average Bonchev–Trinajstić information content (AvgIpc) is 2.33. The molecule has 0 aromatic heterocycles. The van der Waals surface area contributed by atoms with Crippen LogP contribution >= 0.6 is 0 Å². The molecule has 1 aliphatic heterocycles. The highest BCUT2D eigenvalue weighted by Gasteiger charge is 2.77. The van der Waals surface area contributed by atoms with Gasteiger partial charge >= 0.3 is 6.18 Å². The lowest BCUT2D eigenvalue weighted by molar-refractivity contribution is -0.329. The third-order valence-corrected chi connectivity index (χ3v) is 5.05. The van der Waals surface area contributed by atoms with Gasteiger partial charge in [0, 0.05) is 18.4 Å². The van der Waals surface area contributed by atoms with Crippen LogP contribution in [0.4, 0.5) is 13.2 Å². The second kappa shape index (κ2) is 4.24. The molecule has 0 radical (unpaired) electrons. The summed E-state index contributed by atoms with van der Waals surface area (Å²) in [6.45, 7) is 0.239. The number of benzene rings is 1. The molecule has 1 atom stereocenters. The molecule has 1 saturated carbocycles. The van der Waals surface area contributed by atoms with Crippen LogP contribution in [0.25, 0.3) is 0 Å². The van der Waals surface area contributed by atoms with Gasteiger partial charge in [0.05, 0.1) is 0 Å². The van der Waals surface area contributed by atoms with Crippen LogP contribution in [0, 0.1) is 5.41 Å². The number of halogens is 3. The Balaban J connectivity index is 2.02. The fraction of sp³-hybridized carbons (Fsp3) is 0.533. The Morgan fingerprint density at radius 3 is 2.30 bits per heavy atom. The van der Waals surface area contributed by atoms with Crippen LogP contribution in [-0.2, 0) is 11.2 Å². The molecule has 0 N–H and O–H groups in total.